The molecule has 0 aliphatic carbocycles. The summed E-state index contributed by atoms with van der Waals surface area (Å²) in [5.74, 6) is -0.671. The van der Waals surface area contributed by atoms with Crippen molar-refractivity contribution in [2.45, 2.75) is 13.3 Å². The molecule has 0 atom stereocenters. The highest BCUT2D eigenvalue weighted by atomic mass is 19.1. The molecule has 0 saturated carbocycles. The fourth-order valence-corrected chi connectivity index (χ4v) is 1.60. The van der Waals surface area contributed by atoms with E-state index in [1.165, 1.54) is 23.9 Å². The van der Waals surface area contributed by atoms with E-state index in [2.05, 4.69) is 5.10 Å². The van der Waals surface area contributed by atoms with E-state index >= 15 is 0 Å². The van der Waals surface area contributed by atoms with Crippen LogP contribution in [0.4, 0.5) is 8.78 Å². The minimum Gasteiger partial charge on any atom is -0.493 e. The van der Waals surface area contributed by atoms with Gasteiger partial charge in [0.15, 0.2) is 11.6 Å². The Morgan fingerprint density at radius 2 is 2.12 bits per heavy atom. The Kier molecular flexibility index (Phi) is 3.08. The Morgan fingerprint density at radius 1 is 1.35 bits per heavy atom. The van der Waals surface area contributed by atoms with Gasteiger partial charge in [0, 0.05) is 6.07 Å². The lowest BCUT2D eigenvalue weighted by Gasteiger charge is -2.02. The molecule has 1 aromatic heterocycles. The van der Waals surface area contributed by atoms with Gasteiger partial charge in [-0.1, -0.05) is 6.92 Å². The second-order valence-corrected chi connectivity index (χ2v) is 3.54. The van der Waals surface area contributed by atoms with Crippen LogP contribution in [-0.4, -0.2) is 16.9 Å². The van der Waals surface area contributed by atoms with Gasteiger partial charge in [-0.3, -0.25) is 0 Å². The number of halogens is 2. The number of nitrogens with zero attached hydrogens (tertiary/aromatic N) is 2. The molecule has 2 aromatic rings. The Morgan fingerprint density at radius 3 is 2.65 bits per heavy atom. The van der Waals surface area contributed by atoms with Crippen molar-refractivity contribution < 1.29 is 13.5 Å². The fourth-order valence-electron chi connectivity index (χ4n) is 1.60. The summed E-state index contributed by atoms with van der Waals surface area (Å²) in [5.41, 5.74) is 0.931. The summed E-state index contributed by atoms with van der Waals surface area (Å²) in [4.78, 5) is 0. The number of aromatic nitrogens is 2. The number of hydrogen-bond donors (Lipinski definition) is 0. The smallest absolute Gasteiger partial charge is 0.160 e. The standard InChI is InChI=1S/C12H12F2N2O/c1-3-10-12(17-2)7-16(15-10)11-5-4-8(13)6-9(11)14/h4-7H,3H2,1-2H3. The zero-order valence-corrected chi connectivity index (χ0v) is 9.58. The number of rotatable bonds is 3. The van der Waals surface area contributed by atoms with Crippen LogP contribution in [0, 0.1) is 11.6 Å². The molecule has 1 heterocycles. The van der Waals surface area contributed by atoms with Crippen molar-refractivity contribution in [2.24, 2.45) is 0 Å². The Bertz CT molecular complexity index is 516. The van der Waals surface area contributed by atoms with Gasteiger partial charge in [-0.2, -0.15) is 5.10 Å². The molecule has 0 unspecified atom stereocenters. The normalized spacial score (nSPS) is 10.6. The summed E-state index contributed by atoms with van der Waals surface area (Å²) in [7, 11) is 1.53. The van der Waals surface area contributed by atoms with Crippen molar-refractivity contribution in [3.05, 3.63) is 41.7 Å². The van der Waals surface area contributed by atoms with Crippen LogP contribution >= 0.6 is 0 Å². The zero-order chi connectivity index (χ0) is 12.4. The van der Waals surface area contributed by atoms with Crippen molar-refractivity contribution in [2.75, 3.05) is 7.11 Å². The van der Waals surface area contributed by atoms with Crippen LogP contribution in [0.25, 0.3) is 5.69 Å². The van der Waals surface area contributed by atoms with Crippen molar-refractivity contribution >= 4 is 0 Å². The highest BCUT2D eigenvalue weighted by Crippen LogP contribution is 2.21. The molecule has 0 saturated heterocycles. The van der Waals surface area contributed by atoms with Gasteiger partial charge in [-0.15, -0.1) is 0 Å². The maximum Gasteiger partial charge on any atom is 0.160 e. The van der Waals surface area contributed by atoms with E-state index in [-0.39, 0.29) is 5.69 Å². The molecule has 0 N–H and O–H groups in total. The average Bonchev–Trinajstić information content (AvgIpc) is 2.72. The molecule has 2 rings (SSSR count). The fraction of sp³-hybridized carbons (Fsp3) is 0.250. The first kappa shape index (κ1) is 11.6. The van der Waals surface area contributed by atoms with Crippen LogP contribution in [0.1, 0.15) is 12.6 Å². The maximum atomic E-state index is 13.5. The number of methoxy groups -OCH3 is 1. The number of aryl methyl sites for hydroxylation is 1. The van der Waals surface area contributed by atoms with Gasteiger partial charge in [0.05, 0.1) is 13.3 Å². The molecule has 3 nitrogen and oxygen atoms in total. The third-order valence-corrected chi connectivity index (χ3v) is 2.46. The van der Waals surface area contributed by atoms with Gasteiger partial charge in [0.2, 0.25) is 0 Å². The monoisotopic (exact) mass is 238 g/mol. The lowest BCUT2D eigenvalue weighted by molar-refractivity contribution is 0.410. The predicted octanol–water partition coefficient (Wildman–Crippen LogP) is 2.72. The first-order chi connectivity index (χ1) is 8.15. The minimum absolute atomic E-state index is 0.199. The van der Waals surface area contributed by atoms with Gasteiger partial charge >= 0.3 is 0 Å². The highest BCUT2D eigenvalue weighted by molar-refractivity contribution is 5.36. The topological polar surface area (TPSA) is 27.1 Å². The van der Waals surface area contributed by atoms with E-state index in [0.717, 1.165) is 11.8 Å². The van der Waals surface area contributed by atoms with E-state index in [4.69, 9.17) is 4.74 Å². The van der Waals surface area contributed by atoms with Gasteiger partial charge < -0.3 is 4.74 Å². The molecule has 0 aliphatic heterocycles. The third-order valence-electron chi connectivity index (χ3n) is 2.46. The van der Waals surface area contributed by atoms with E-state index in [1.54, 1.807) is 6.20 Å². The molecule has 0 bridgehead atoms. The largest absolute Gasteiger partial charge is 0.493 e. The second kappa shape index (κ2) is 4.53. The summed E-state index contributed by atoms with van der Waals surface area (Å²) in [6.07, 6.45) is 2.26. The van der Waals surface area contributed by atoms with E-state index < -0.39 is 11.6 Å². The molecule has 17 heavy (non-hydrogen) atoms. The first-order valence-corrected chi connectivity index (χ1v) is 5.23. The van der Waals surface area contributed by atoms with Gasteiger partial charge in [0.1, 0.15) is 17.2 Å². The van der Waals surface area contributed by atoms with Gasteiger partial charge in [0.25, 0.3) is 0 Å². The average molecular weight is 238 g/mol. The van der Waals surface area contributed by atoms with Crippen LogP contribution in [0.2, 0.25) is 0 Å². The molecule has 0 amide bonds. The van der Waals surface area contributed by atoms with Crippen molar-refractivity contribution in [3.8, 4) is 11.4 Å². The molecular weight excluding hydrogens is 226 g/mol. The zero-order valence-electron chi connectivity index (χ0n) is 9.58. The summed E-state index contributed by atoms with van der Waals surface area (Å²) in [6.45, 7) is 1.93. The number of hydrogen-bond acceptors (Lipinski definition) is 2. The molecule has 0 aliphatic rings. The van der Waals surface area contributed by atoms with E-state index in [1.807, 2.05) is 6.92 Å². The quantitative estimate of drug-likeness (QED) is 0.822. The third kappa shape index (κ3) is 2.13. The minimum atomic E-state index is -0.655. The van der Waals surface area contributed by atoms with Crippen LogP contribution in [0.15, 0.2) is 24.4 Å². The van der Waals surface area contributed by atoms with Crippen molar-refractivity contribution in [1.82, 2.24) is 9.78 Å². The molecule has 0 spiro atoms. The Balaban J connectivity index is 2.49. The highest BCUT2D eigenvalue weighted by Gasteiger charge is 2.12. The molecule has 0 fully saturated rings. The molecule has 5 heteroatoms. The number of ether oxygens (including phenoxy) is 1. The second-order valence-electron chi connectivity index (χ2n) is 3.54. The Hall–Kier alpha value is -1.91. The first-order valence-electron chi connectivity index (χ1n) is 5.23. The molecule has 1 aromatic carbocycles. The van der Waals surface area contributed by atoms with Crippen LogP contribution in [0.3, 0.4) is 0 Å². The summed E-state index contributed by atoms with van der Waals surface area (Å²) in [5, 5.41) is 4.19. The van der Waals surface area contributed by atoms with E-state index in [9.17, 15) is 8.78 Å². The Labute approximate surface area is 97.6 Å². The lowest BCUT2D eigenvalue weighted by atomic mass is 10.3. The van der Waals surface area contributed by atoms with Crippen LogP contribution < -0.4 is 4.74 Å². The SMILES string of the molecule is CCc1nn(-c2ccc(F)cc2F)cc1OC. The lowest BCUT2D eigenvalue weighted by Crippen LogP contribution is -1.99. The summed E-state index contributed by atoms with van der Waals surface area (Å²) in [6, 6.07) is 3.36. The molecule has 90 valence electrons. The van der Waals surface area contributed by atoms with Crippen LogP contribution in [0.5, 0.6) is 5.75 Å². The molecule has 0 radical (unpaired) electrons. The summed E-state index contributed by atoms with van der Waals surface area (Å²) < 4.78 is 32.8. The predicted molar refractivity (Wildman–Crippen MR) is 59.4 cm³/mol. The maximum absolute atomic E-state index is 13.5. The van der Waals surface area contributed by atoms with Crippen molar-refractivity contribution in [1.29, 1.82) is 0 Å². The van der Waals surface area contributed by atoms with Gasteiger partial charge in [-0.25, -0.2) is 13.5 Å². The van der Waals surface area contributed by atoms with Gasteiger partial charge in [-0.05, 0) is 18.6 Å². The van der Waals surface area contributed by atoms with Crippen molar-refractivity contribution in [3.63, 3.8) is 0 Å². The summed E-state index contributed by atoms with van der Waals surface area (Å²) >= 11 is 0. The molecular formula is C12H12F2N2O. The number of benzene rings is 1. The van der Waals surface area contributed by atoms with E-state index in [0.29, 0.717) is 12.2 Å². The van der Waals surface area contributed by atoms with Crippen LogP contribution in [-0.2, 0) is 6.42 Å².